The Morgan fingerprint density at radius 3 is 2.61 bits per heavy atom. The average molecular weight is 391 g/mol. The van der Waals surface area contributed by atoms with Gasteiger partial charge >= 0.3 is 0 Å². The van der Waals surface area contributed by atoms with Gasteiger partial charge in [0.05, 0.1) is 12.6 Å². The van der Waals surface area contributed by atoms with Gasteiger partial charge in [-0.25, -0.2) is 4.99 Å². The van der Waals surface area contributed by atoms with Crippen molar-refractivity contribution < 1.29 is 9.53 Å². The lowest BCUT2D eigenvalue weighted by Gasteiger charge is -2.21. The first-order chi connectivity index (χ1) is 13.5. The predicted octanol–water partition coefficient (Wildman–Crippen LogP) is 3.93. The summed E-state index contributed by atoms with van der Waals surface area (Å²) in [6, 6.07) is 7.85. The van der Waals surface area contributed by atoms with Crippen molar-refractivity contribution in [2.45, 2.75) is 66.5 Å². The zero-order chi connectivity index (χ0) is 20.8. The normalized spacial score (nSPS) is 12.7. The maximum absolute atomic E-state index is 11.8. The molecule has 0 saturated heterocycles. The van der Waals surface area contributed by atoms with Gasteiger partial charge in [0.25, 0.3) is 0 Å². The van der Waals surface area contributed by atoms with Gasteiger partial charge in [0.15, 0.2) is 5.96 Å². The quantitative estimate of drug-likeness (QED) is 0.373. The van der Waals surface area contributed by atoms with Crippen molar-refractivity contribution in [2.75, 3.05) is 25.0 Å². The van der Waals surface area contributed by atoms with E-state index in [2.05, 4.69) is 41.7 Å². The molecule has 1 amide bonds. The van der Waals surface area contributed by atoms with E-state index in [1.807, 2.05) is 38.1 Å². The van der Waals surface area contributed by atoms with Crippen LogP contribution in [0.1, 0.15) is 59.4 Å². The van der Waals surface area contributed by atoms with E-state index < -0.39 is 0 Å². The third kappa shape index (κ3) is 9.74. The minimum atomic E-state index is 0.0483. The maximum atomic E-state index is 11.8. The number of hydrogen-bond acceptors (Lipinski definition) is 3. The van der Waals surface area contributed by atoms with Gasteiger partial charge in [-0.2, -0.15) is 0 Å². The van der Waals surface area contributed by atoms with Gasteiger partial charge < -0.3 is 20.7 Å². The molecule has 0 saturated carbocycles. The molecular weight excluding hydrogens is 352 g/mol. The van der Waals surface area contributed by atoms with E-state index in [9.17, 15) is 4.79 Å². The largest absolute Gasteiger partial charge is 0.378 e. The molecule has 0 radical (unpaired) electrons. The number of nitrogens with zero attached hydrogens (tertiary/aromatic N) is 1. The fraction of sp³-hybridized carbons (Fsp3) is 0.636. The Morgan fingerprint density at radius 1 is 1.18 bits per heavy atom. The van der Waals surface area contributed by atoms with Crippen LogP contribution in [0, 0.1) is 5.92 Å². The highest BCUT2D eigenvalue weighted by molar-refractivity contribution is 5.90. The summed E-state index contributed by atoms with van der Waals surface area (Å²) in [5.74, 6) is 1.33. The number of nitrogens with one attached hydrogen (secondary N) is 3. The van der Waals surface area contributed by atoms with E-state index in [1.165, 1.54) is 0 Å². The van der Waals surface area contributed by atoms with Crippen molar-refractivity contribution >= 4 is 17.6 Å². The lowest BCUT2D eigenvalue weighted by molar-refractivity contribution is -0.116. The van der Waals surface area contributed by atoms with E-state index in [0.29, 0.717) is 18.9 Å². The number of ether oxygens (including phenoxy) is 1. The van der Waals surface area contributed by atoms with Crippen molar-refractivity contribution in [3.05, 3.63) is 29.8 Å². The third-order valence-electron chi connectivity index (χ3n) is 4.30. The molecule has 1 unspecified atom stereocenters. The van der Waals surface area contributed by atoms with Gasteiger partial charge in [-0.15, -0.1) is 0 Å². The Hall–Kier alpha value is -2.08. The molecule has 1 aromatic carbocycles. The predicted molar refractivity (Wildman–Crippen MR) is 118 cm³/mol. The van der Waals surface area contributed by atoms with Gasteiger partial charge in [-0.3, -0.25) is 4.79 Å². The topological polar surface area (TPSA) is 74.8 Å². The van der Waals surface area contributed by atoms with Crippen molar-refractivity contribution in [3.63, 3.8) is 0 Å². The molecule has 0 fully saturated rings. The molecule has 1 aromatic rings. The Kier molecular flexibility index (Phi) is 12.0. The number of benzene rings is 1. The maximum Gasteiger partial charge on any atom is 0.224 e. The summed E-state index contributed by atoms with van der Waals surface area (Å²) >= 11 is 0. The molecule has 28 heavy (non-hydrogen) atoms. The summed E-state index contributed by atoms with van der Waals surface area (Å²) in [7, 11) is 0. The van der Waals surface area contributed by atoms with Crippen LogP contribution in [0.3, 0.4) is 0 Å². The highest BCUT2D eigenvalue weighted by Crippen LogP contribution is 2.12. The summed E-state index contributed by atoms with van der Waals surface area (Å²) in [5, 5.41) is 9.60. The fourth-order valence-electron chi connectivity index (χ4n) is 2.87. The number of carbonyl (C=O) groups is 1. The second-order valence-corrected chi connectivity index (χ2v) is 7.15. The number of aliphatic imine (C=N–C) groups is 1. The molecule has 158 valence electrons. The molecular formula is C22H38N4O2. The molecule has 0 aliphatic carbocycles. The summed E-state index contributed by atoms with van der Waals surface area (Å²) in [6.45, 7) is 13.4. The van der Waals surface area contributed by atoms with E-state index in [-0.39, 0.29) is 12.0 Å². The minimum Gasteiger partial charge on any atom is -0.378 e. The molecule has 0 aliphatic rings. The standard InChI is InChI=1S/C22H38N4O2/c1-6-10-21(27)26-19-12-9-11-18(15-19)16-25-22(23-7-2)24-14-13-20(17(4)5)28-8-3/h9,11-12,15,17,20H,6-8,10,13-14,16H2,1-5H3,(H,26,27)(H2,23,24,25). The second kappa shape index (κ2) is 14.0. The van der Waals surface area contributed by atoms with Crippen LogP contribution in [-0.2, 0) is 16.1 Å². The van der Waals surface area contributed by atoms with Crippen LogP contribution in [-0.4, -0.2) is 37.7 Å². The summed E-state index contributed by atoms with van der Waals surface area (Å²) in [6.07, 6.45) is 2.57. The number of hydrogen-bond donors (Lipinski definition) is 3. The number of guanidine groups is 1. The molecule has 0 bridgehead atoms. The molecule has 0 aromatic heterocycles. The Bertz CT molecular complexity index is 602. The zero-order valence-corrected chi connectivity index (χ0v) is 18.2. The fourth-order valence-corrected chi connectivity index (χ4v) is 2.87. The molecule has 3 N–H and O–H groups in total. The molecule has 1 rings (SSSR count). The highest BCUT2D eigenvalue weighted by Gasteiger charge is 2.13. The van der Waals surface area contributed by atoms with Gasteiger partial charge in [0.1, 0.15) is 0 Å². The Morgan fingerprint density at radius 2 is 1.96 bits per heavy atom. The van der Waals surface area contributed by atoms with Gasteiger partial charge in [-0.1, -0.05) is 32.9 Å². The minimum absolute atomic E-state index is 0.0483. The summed E-state index contributed by atoms with van der Waals surface area (Å²) < 4.78 is 5.80. The lowest BCUT2D eigenvalue weighted by atomic mass is 10.0. The summed E-state index contributed by atoms with van der Waals surface area (Å²) in [5.41, 5.74) is 1.88. The van der Waals surface area contributed by atoms with Crippen LogP contribution >= 0.6 is 0 Å². The smallest absolute Gasteiger partial charge is 0.224 e. The van der Waals surface area contributed by atoms with Crippen LogP contribution < -0.4 is 16.0 Å². The van der Waals surface area contributed by atoms with Gasteiger partial charge in [0, 0.05) is 31.8 Å². The van der Waals surface area contributed by atoms with Crippen molar-refractivity contribution in [2.24, 2.45) is 10.9 Å². The SMILES string of the molecule is CCCC(=O)Nc1cccc(CN=C(NCC)NCCC(OCC)C(C)C)c1. The summed E-state index contributed by atoms with van der Waals surface area (Å²) in [4.78, 5) is 16.4. The third-order valence-corrected chi connectivity index (χ3v) is 4.30. The molecule has 0 aliphatic heterocycles. The molecule has 0 heterocycles. The van der Waals surface area contributed by atoms with Crippen LogP contribution in [0.15, 0.2) is 29.3 Å². The van der Waals surface area contributed by atoms with Crippen LogP contribution in [0.25, 0.3) is 0 Å². The number of carbonyl (C=O) groups excluding carboxylic acids is 1. The van der Waals surface area contributed by atoms with E-state index in [0.717, 1.165) is 49.7 Å². The van der Waals surface area contributed by atoms with E-state index >= 15 is 0 Å². The van der Waals surface area contributed by atoms with E-state index in [1.54, 1.807) is 0 Å². The highest BCUT2D eigenvalue weighted by atomic mass is 16.5. The van der Waals surface area contributed by atoms with Crippen LogP contribution in [0.4, 0.5) is 5.69 Å². The first kappa shape index (κ1) is 24.0. The van der Waals surface area contributed by atoms with Gasteiger partial charge in [0.2, 0.25) is 5.91 Å². The van der Waals surface area contributed by atoms with Crippen molar-refractivity contribution in [1.29, 1.82) is 0 Å². The number of rotatable bonds is 12. The second-order valence-electron chi connectivity index (χ2n) is 7.15. The first-order valence-corrected chi connectivity index (χ1v) is 10.5. The Balaban J connectivity index is 2.62. The first-order valence-electron chi connectivity index (χ1n) is 10.5. The molecule has 6 nitrogen and oxygen atoms in total. The molecule has 6 heteroatoms. The Labute approximate surface area is 170 Å². The van der Waals surface area contributed by atoms with Crippen LogP contribution in [0.2, 0.25) is 0 Å². The van der Waals surface area contributed by atoms with Crippen molar-refractivity contribution in [3.8, 4) is 0 Å². The number of amides is 1. The van der Waals surface area contributed by atoms with E-state index in [4.69, 9.17) is 4.74 Å². The van der Waals surface area contributed by atoms with Crippen molar-refractivity contribution in [1.82, 2.24) is 10.6 Å². The van der Waals surface area contributed by atoms with Gasteiger partial charge in [-0.05, 0) is 50.3 Å². The lowest BCUT2D eigenvalue weighted by Crippen LogP contribution is -2.39. The molecule has 0 spiro atoms. The van der Waals surface area contributed by atoms with Crippen LogP contribution in [0.5, 0.6) is 0 Å². The molecule has 1 atom stereocenters. The zero-order valence-electron chi connectivity index (χ0n) is 18.2. The average Bonchev–Trinajstić information content (AvgIpc) is 2.65. The number of anilines is 1. The monoisotopic (exact) mass is 390 g/mol.